The maximum atomic E-state index is 14.2. The molecule has 1 aromatic heterocycles. The van der Waals surface area contributed by atoms with E-state index in [2.05, 4.69) is 11.4 Å². The van der Waals surface area contributed by atoms with Gasteiger partial charge >= 0.3 is 0 Å². The average molecular weight is 513 g/mol. The number of nitriles is 1. The van der Waals surface area contributed by atoms with Gasteiger partial charge in [-0.3, -0.25) is 19.0 Å². The number of anilines is 1. The van der Waals surface area contributed by atoms with Crippen molar-refractivity contribution in [2.24, 2.45) is 5.73 Å². The largest absolute Gasteiger partial charge is 0.495 e. The minimum atomic E-state index is -1.06. The maximum Gasteiger partial charge on any atom is 0.252 e. The van der Waals surface area contributed by atoms with Crippen LogP contribution >= 0.6 is 11.6 Å². The van der Waals surface area contributed by atoms with Gasteiger partial charge in [0.25, 0.3) is 11.5 Å². The number of pyridine rings is 1. The molecule has 0 aliphatic heterocycles. The van der Waals surface area contributed by atoms with Gasteiger partial charge in [0.15, 0.2) is 0 Å². The molecule has 3 rings (SSSR count). The first-order valence-corrected chi connectivity index (χ1v) is 11.0. The van der Waals surface area contributed by atoms with Crippen molar-refractivity contribution < 1.29 is 23.5 Å². The summed E-state index contributed by atoms with van der Waals surface area (Å²) in [6.45, 7) is 0.135. The van der Waals surface area contributed by atoms with E-state index in [9.17, 15) is 24.0 Å². The van der Waals surface area contributed by atoms with Crippen LogP contribution in [0.1, 0.15) is 28.4 Å². The number of nitrogens with one attached hydrogen (secondary N) is 1. The number of nitrogens with two attached hydrogens (primary N) is 1. The third-order valence-electron chi connectivity index (χ3n) is 5.39. The summed E-state index contributed by atoms with van der Waals surface area (Å²) in [5, 5.41) is 12.4. The number of methoxy groups -OCH3 is 2. The second kappa shape index (κ2) is 11.5. The molecule has 11 heteroatoms. The van der Waals surface area contributed by atoms with Gasteiger partial charge in [0.1, 0.15) is 17.6 Å². The first-order chi connectivity index (χ1) is 17.2. The van der Waals surface area contributed by atoms with E-state index in [0.29, 0.717) is 16.1 Å². The lowest BCUT2D eigenvalue weighted by molar-refractivity contribution is -0.119. The smallest absolute Gasteiger partial charge is 0.252 e. The predicted octanol–water partition coefficient (Wildman–Crippen LogP) is 3.50. The number of aromatic nitrogens is 1. The van der Waals surface area contributed by atoms with Crippen LogP contribution in [-0.4, -0.2) is 37.2 Å². The quantitative estimate of drug-likeness (QED) is 0.450. The minimum Gasteiger partial charge on any atom is -0.495 e. The van der Waals surface area contributed by atoms with E-state index in [0.717, 1.165) is 12.1 Å². The molecule has 3 N–H and O–H groups in total. The first kappa shape index (κ1) is 26.4. The number of halogens is 2. The third kappa shape index (κ3) is 5.71. The lowest BCUT2D eigenvalue weighted by Gasteiger charge is -2.21. The lowest BCUT2D eigenvalue weighted by Crippen LogP contribution is -2.34. The van der Waals surface area contributed by atoms with Crippen LogP contribution in [-0.2, 0) is 9.53 Å². The van der Waals surface area contributed by atoms with Gasteiger partial charge in [-0.05, 0) is 36.4 Å². The Morgan fingerprint density at radius 1 is 1.19 bits per heavy atom. The summed E-state index contributed by atoms with van der Waals surface area (Å²) in [4.78, 5) is 37.6. The van der Waals surface area contributed by atoms with Crippen molar-refractivity contribution in [3.8, 4) is 22.9 Å². The molecule has 0 spiro atoms. The molecule has 2 aromatic carbocycles. The van der Waals surface area contributed by atoms with Crippen LogP contribution in [0.2, 0.25) is 5.02 Å². The molecule has 2 amide bonds. The van der Waals surface area contributed by atoms with E-state index >= 15 is 0 Å². The average Bonchev–Trinajstić information content (AvgIpc) is 2.84. The van der Waals surface area contributed by atoms with Crippen LogP contribution < -0.4 is 21.3 Å². The number of hydrogen-bond acceptors (Lipinski definition) is 6. The van der Waals surface area contributed by atoms with E-state index < -0.39 is 29.2 Å². The molecule has 0 bridgehead atoms. The number of ether oxygens (including phenoxy) is 2. The summed E-state index contributed by atoms with van der Waals surface area (Å²) in [5.74, 6) is -2.25. The number of hydrogen-bond donors (Lipinski definition) is 2. The zero-order chi connectivity index (χ0) is 26.4. The molecule has 0 aliphatic carbocycles. The molecule has 1 atom stereocenters. The highest BCUT2D eigenvalue weighted by Gasteiger charge is 2.24. The number of rotatable bonds is 9. The molecule has 0 radical (unpaired) electrons. The Hall–Kier alpha value is -4.20. The predicted molar refractivity (Wildman–Crippen MR) is 131 cm³/mol. The monoisotopic (exact) mass is 512 g/mol. The summed E-state index contributed by atoms with van der Waals surface area (Å²) in [6, 6.07) is 10.3. The standard InChI is InChI=1S/C25H22ClFN4O5/c1-35-8-7-21(25(34)30-16-5-6-17(24(29)33)20(27)10-16)31-13-22(36-2)19(11-23(31)32)18-9-15(26)4-3-14(18)12-28/h3-6,9-11,13,21H,7-8H2,1-2H3,(H2,29,33)(H,30,34)/t21-/m0/s1. The van der Waals surface area contributed by atoms with Gasteiger partial charge in [-0.25, -0.2) is 4.39 Å². The van der Waals surface area contributed by atoms with Crippen LogP contribution in [0.3, 0.4) is 0 Å². The number of nitrogens with zero attached hydrogens (tertiary/aromatic N) is 2. The first-order valence-electron chi connectivity index (χ1n) is 10.6. The fraction of sp³-hybridized carbons (Fsp3) is 0.200. The topological polar surface area (TPSA) is 136 Å². The van der Waals surface area contributed by atoms with Gasteiger partial charge in [-0.1, -0.05) is 11.6 Å². The van der Waals surface area contributed by atoms with Crippen molar-refractivity contribution in [3.63, 3.8) is 0 Å². The molecule has 1 heterocycles. The molecular weight excluding hydrogens is 491 g/mol. The minimum absolute atomic E-state index is 0.0686. The highest BCUT2D eigenvalue weighted by atomic mass is 35.5. The Balaban J connectivity index is 2.04. The molecule has 36 heavy (non-hydrogen) atoms. The number of carbonyl (C=O) groups excluding carboxylic acids is 2. The summed E-state index contributed by atoms with van der Waals surface area (Å²) >= 11 is 6.10. The highest BCUT2D eigenvalue weighted by molar-refractivity contribution is 6.31. The number of carbonyl (C=O) groups is 2. The van der Waals surface area contributed by atoms with Gasteiger partial charge in [0.2, 0.25) is 5.91 Å². The van der Waals surface area contributed by atoms with Crippen molar-refractivity contribution in [1.82, 2.24) is 4.57 Å². The van der Waals surface area contributed by atoms with E-state index in [1.807, 2.05) is 0 Å². The Bertz CT molecular complexity index is 1420. The SMILES string of the molecule is COCC[C@@H](C(=O)Nc1ccc(C(N)=O)c(F)c1)n1cc(OC)c(-c2cc(Cl)ccc2C#N)cc1=O. The Morgan fingerprint density at radius 2 is 1.94 bits per heavy atom. The van der Waals surface area contributed by atoms with Gasteiger partial charge < -0.3 is 20.5 Å². The second-order valence-corrected chi connectivity index (χ2v) is 8.08. The van der Waals surface area contributed by atoms with Crippen molar-refractivity contribution in [2.75, 3.05) is 26.1 Å². The molecule has 0 fully saturated rings. The van der Waals surface area contributed by atoms with Crippen LogP contribution in [0.15, 0.2) is 53.5 Å². The van der Waals surface area contributed by atoms with E-state index in [1.165, 1.54) is 43.2 Å². The lowest BCUT2D eigenvalue weighted by atomic mass is 10.00. The molecule has 0 saturated carbocycles. The summed E-state index contributed by atoms with van der Waals surface area (Å²) in [6.07, 6.45) is 1.46. The Morgan fingerprint density at radius 3 is 2.56 bits per heavy atom. The maximum absolute atomic E-state index is 14.2. The number of amides is 2. The third-order valence-corrected chi connectivity index (χ3v) is 5.63. The van der Waals surface area contributed by atoms with Crippen LogP contribution in [0.4, 0.5) is 10.1 Å². The van der Waals surface area contributed by atoms with Gasteiger partial charge in [-0.15, -0.1) is 0 Å². The van der Waals surface area contributed by atoms with Crippen LogP contribution in [0.5, 0.6) is 5.75 Å². The molecule has 9 nitrogen and oxygen atoms in total. The van der Waals surface area contributed by atoms with Crippen LogP contribution in [0, 0.1) is 17.1 Å². The highest BCUT2D eigenvalue weighted by Crippen LogP contribution is 2.33. The van der Waals surface area contributed by atoms with Gasteiger partial charge in [-0.2, -0.15) is 5.26 Å². The fourth-order valence-electron chi connectivity index (χ4n) is 3.63. The Kier molecular flexibility index (Phi) is 8.42. The second-order valence-electron chi connectivity index (χ2n) is 7.65. The van der Waals surface area contributed by atoms with Crippen molar-refractivity contribution in [2.45, 2.75) is 12.5 Å². The van der Waals surface area contributed by atoms with Crippen LogP contribution in [0.25, 0.3) is 11.1 Å². The molecule has 0 aliphatic rings. The van der Waals surface area contributed by atoms with Crippen molar-refractivity contribution >= 4 is 29.1 Å². The summed E-state index contributed by atoms with van der Waals surface area (Å²) in [7, 11) is 2.83. The van der Waals surface area contributed by atoms with E-state index in [1.54, 1.807) is 12.1 Å². The zero-order valence-corrected chi connectivity index (χ0v) is 20.1. The van der Waals surface area contributed by atoms with Gasteiger partial charge in [0, 0.05) is 48.0 Å². The normalized spacial score (nSPS) is 11.4. The molecule has 186 valence electrons. The van der Waals surface area contributed by atoms with Crippen molar-refractivity contribution in [3.05, 3.63) is 81.0 Å². The molecule has 3 aromatic rings. The fourth-order valence-corrected chi connectivity index (χ4v) is 3.80. The molecular formula is C25H22ClFN4O5. The molecule has 0 unspecified atom stereocenters. The molecule has 0 saturated heterocycles. The Labute approximate surface area is 210 Å². The number of benzene rings is 2. The van der Waals surface area contributed by atoms with Crippen molar-refractivity contribution in [1.29, 1.82) is 5.26 Å². The zero-order valence-electron chi connectivity index (χ0n) is 19.4. The van der Waals surface area contributed by atoms with Gasteiger partial charge in [0.05, 0.1) is 30.5 Å². The van der Waals surface area contributed by atoms with E-state index in [4.69, 9.17) is 26.8 Å². The summed E-state index contributed by atoms with van der Waals surface area (Å²) < 4.78 is 25.9. The number of primary amides is 1. The van der Waals surface area contributed by atoms with E-state index in [-0.39, 0.29) is 35.6 Å². The summed E-state index contributed by atoms with van der Waals surface area (Å²) in [5.41, 5.74) is 5.31.